The maximum atomic E-state index is 13.9. The number of halogens is 1. The molecule has 19 heavy (non-hydrogen) atoms. The summed E-state index contributed by atoms with van der Waals surface area (Å²) in [6.45, 7) is 1.80. The molecule has 0 bridgehead atoms. The third-order valence-corrected chi connectivity index (χ3v) is 4.46. The molecule has 1 aliphatic heterocycles. The molecule has 4 nitrogen and oxygen atoms in total. The number of hydrogen-bond acceptors (Lipinski definition) is 4. The highest BCUT2D eigenvalue weighted by atomic mass is 32.2. The van der Waals surface area contributed by atoms with Gasteiger partial charge in [0, 0.05) is 29.1 Å². The molecule has 0 saturated heterocycles. The van der Waals surface area contributed by atoms with Crippen molar-refractivity contribution >= 4 is 9.84 Å². The van der Waals surface area contributed by atoms with Crippen molar-refractivity contribution in [3.05, 3.63) is 41.1 Å². The molecule has 0 saturated carbocycles. The predicted octanol–water partition coefficient (Wildman–Crippen LogP) is 1.80. The summed E-state index contributed by atoms with van der Waals surface area (Å²) in [5, 5.41) is 4.28. The van der Waals surface area contributed by atoms with E-state index in [9.17, 15) is 12.8 Å². The lowest BCUT2D eigenvalue weighted by atomic mass is 10.1. The van der Waals surface area contributed by atoms with E-state index in [0.717, 1.165) is 0 Å². The second kappa shape index (κ2) is 5.30. The number of hydrogen-bond donors (Lipinski definition) is 1. The van der Waals surface area contributed by atoms with E-state index in [2.05, 4.69) is 5.32 Å². The summed E-state index contributed by atoms with van der Waals surface area (Å²) in [5.41, 5.74) is 0.485. The Kier molecular flexibility index (Phi) is 3.91. The second-order valence-electron chi connectivity index (χ2n) is 4.54. The van der Waals surface area contributed by atoms with Crippen LogP contribution in [0.3, 0.4) is 0 Å². The van der Waals surface area contributed by atoms with Gasteiger partial charge in [0.2, 0.25) is 0 Å². The van der Waals surface area contributed by atoms with Gasteiger partial charge in [-0.1, -0.05) is 12.1 Å². The highest BCUT2D eigenvalue weighted by Gasteiger charge is 2.23. The fourth-order valence-corrected chi connectivity index (χ4v) is 3.32. The maximum absolute atomic E-state index is 13.9. The first kappa shape index (κ1) is 14.0. The van der Waals surface area contributed by atoms with Crippen molar-refractivity contribution in [2.24, 2.45) is 0 Å². The number of ether oxygens (including phenoxy) is 1. The van der Waals surface area contributed by atoms with Crippen LogP contribution in [0, 0.1) is 5.82 Å². The molecule has 1 aromatic rings. The molecule has 2 unspecified atom stereocenters. The van der Waals surface area contributed by atoms with Crippen LogP contribution in [-0.4, -0.2) is 27.3 Å². The largest absolute Gasteiger partial charge is 0.497 e. The Labute approximate surface area is 112 Å². The zero-order valence-corrected chi connectivity index (χ0v) is 11.6. The fraction of sp³-hybridized carbons (Fsp3) is 0.385. The average Bonchev–Trinajstić information content (AvgIpc) is 2.68. The molecule has 0 aromatic heterocycles. The number of methoxy groups -OCH3 is 1. The predicted molar refractivity (Wildman–Crippen MR) is 71.2 cm³/mol. The van der Waals surface area contributed by atoms with Crippen molar-refractivity contribution in [2.45, 2.75) is 19.0 Å². The normalized spacial score (nSPS) is 22.4. The van der Waals surface area contributed by atoms with E-state index >= 15 is 0 Å². The highest BCUT2D eigenvalue weighted by molar-refractivity contribution is 7.94. The highest BCUT2D eigenvalue weighted by Crippen LogP contribution is 2.23. The lowest BCUT2D eigenvalue weighted by Gasteiger charge is -2.19. The average molecular weight is 285 g/mol. The molecule has 0 amide bonds. The summed E-state index contributed by atoms with van der Waals surface area (Å²) in [5.74, 6) is 0.107. The fourth-order valence-electron chi connectivity index (χ4n) is 2.08. The van der Waals surface area contributed by atoms with Crippen molar-refractivity contribution in [1.29, 1.82) is 0 Å². The van der Waals surface area contributed by atoms with Gasteiger partial charge in [0.1, 0.15) is 11.6 Å². The zero-order chi connectivity index (χ0) is 14.0. The molecule has 2 rings (SSSR count). The summed E-state index contributed by atoms with van der Waals surface area (Å²) in [4.78, 5) is 0. The van der Waals surface area contributed by atoms with Gasteiger partial charge in [0.25, 0.3) is 0 Å². The smallest absolute Gasteiger partial charge is 0.173 e. The first-order chi connectivity index (χ1) is 8.91. The standard InChI is InChI=1S/C13H16FNO3S/c1-9(15-10-5-6-19(16,17)8-10)12-4-3-11(18-2)7-13(12)14/h3-7,9-10,15H,8H2,1-2H3. The van der Waals surface area contributed by atoms with Crippen LogP contribution in [0.5, 0.6) is 5.75 Å². The van der Waals surface area contributed by atoms with Gasteiger partial charge in [-0.15, -0.1) is 0 Å². The Balaban J connectivity index is 2.08. The molecule has 0 spiro atoms. The number of nitrogens with one attached hydrogen (secondary N) is 1. The molecule has 0 fully saturated rings. The van der Waals surface area contributed by atoms with Crippen LogP contribution in [-0.2, 0) is 9.84 Å². The van der Waals surface area contributed by atoms with Gasteiger partial charge in [0.15, 0.2) is 9.84 Å². The van der Waals surface area contributed by atoms with Crippen LogP contribution in [0.4, 0.5) is 4.39 Å². The van der Waals surface area contributed by atoms with Gasteiger partial charge in [0.05, 0.1) is 12.9 Å². The molecule has 1 aliphatic rings. The molecule has 104 valence electrons. The summed E-state index contributed by atoms with van der Waals surface area (Å²) in [6.07, 6.45) is 1.59. The monoisotopic (exact) mass is 285 g/mol. The Bertz CT molecular complexity index is 598. The van der Waals surface area contributed by atoms with Gasteiger partial charge in [-0.25, -0.2) is 12.8 Å². The number of rotatable bonds is 4. The molecule has 2 atom stereocenters. The van der Waals surface area contributed by atoms with Crippen LogP contribution in [0.2, 0.25) is 0 Å². The summed E-state index contributed by atoms with van der Waals surface area (Å²) < 4.78 is 41.4. The van der Waals surface area contributed by atoms with Gasteiger partial charge < -0.3 is 10.1 Å². The quantitative estimate of drug-likeness (QED) is 0.916. The van der Waals surface area contributed by atoms with Gasteiger partial charge in [-0.3, -0.25) is 0 Å². The minimum absolute atomic E-state index is 0.0229. The molecule has 1 aromatic carbocycles. The minimum atomic E-state index is -3.10. The van der Waals surface area contributed by atoms with E-state index in [1.807, 2.05) is 0 Å². The third-order valence-electron chi connectivity index (χ3n) is 3.07. The van der Waals surface area contributed by atoms with E-state index in [4.69, 9.17) is 4.74 Å². The molecular formula is C13H16FNO3S. The Hall–Kier alpha value is -1.40. The van der Waals surface area contributed by atoms with E-state index in [1.54, 1.807) is 25.1 Å². The van der Waals surface area contributed by atoms with E-state index < -0.39 is 9.84 Å². The van der Waals surface area contributed by atoms with E-state index in [0.29, 0.717) is 11.3 Å². The van der Waals surface area contributed by atoms with Crippen LogP contribution < -0.4 is 10.1 Å². The summed E-state index contributed by atoms with van der Waals surface area (Å²) in [7, 11) is -1.62. The molecular weight excluding hydrogens is 269 g/mol. The van der Waals surface area contributed by atoms with Crippen LogP contribution >= 0.6 is 0 Å². The number of benzene rings is 1. The first-order valence-corrected chi connectivity index (χ1v) is 7.63. The second-order valence-corrected chi connectivity index (χ2v) is 6.47. The third kappa shape index (κ3) is 3.33. The first-order valence-electron chi connectivity index (χ1n) is 5.92. The van der Waals surface area contributed by atoms with Crippen molar-refractivity contribution in [3.63, 3.8) is 0 Å². The van der Waals surface area contributed by atoms with E-state index in [1.165, 1.54) is 18.6 Å². The Morgan fingerprint density at radius 3 is 2.74 bits per heavy atom. The van der Waals surface area contributed by atoms with Crippen LogP contribution in [0.1, 0.15) is 18.5 Å². The summed E-state index contributed by atoms with van der Waals surface area (Å²) >= 11 is 0. The van der Waals surface area contributed by atoms with Crippen LogP contribution in [0.25, 0.3) is 0 Å². The van der Waals surface area contributed by atoms with Gasteiger partial charge in [-0.2, -0.15) is 0 Å². The zero-order valence-electron chi connectivity index (χ0n) is 10.8. The van der Waals surface area contributed by atoms with Crippen molar-refractivity contribution in [3.8, 4) is 5.75 Å². The molecule has 0 aliphatic carbocycles. The van der Waals surface area contributed by atoms with Crippen molar-refractivity contribution in [2.75, 3.05) is 12.9 Å². The number of sulfone groups is 1. The lowest BCUT2D eigenvalue weighted by Crippen LogP contribution is -2.32. The SMILES string of the molecule is COc1ccc(C(C)NC2C=CS(=O)(=O)C2)c(F)c1. The lowest BCUT2D eigenvalue weighted by molar-refractivity contribution is 0.409. The molecule has 1 heterocycles. The van der Waals surface area contributed by atoms with E-state index in [-0.39, 0.29) is 23.7 Å². The van der Waals surface area contributed by atoms with Crippen LogP contribution in [0.15, 0.2) is 29.7 Å². The van der Waals surface area contributed by atoms with Crippen molar-refractivity contribution < 1.29 is 17.5 Å². The molecule has 1 N–H and O–H groups in total. The van der Waals surface area contributed by atoms with Gasteiger partial charge in [-0.05, 0) is 13.0 Å². The topological polar surface area (TPSA) is 55.4 Å². The Morgan fingerprint density at radius 2 is 2.21 bits per heavy atom. The maximum Gasteiger partial charge on any atom is 0.173 e. The van der Waals surface area contributed by atoms with Gasteiger partial charge >= 0.3 is 0 Å². The Morgan fingerprint density at radius 1 is 1.47 bits per heavy atom. The molecule has 6 heteroatoms. The van der Waals surface area contributed by atoms with Crippen molar-refractivity contribution in [1.82, 2.24) is 5.32 Å². The molecule has 0 radical (unpaired) electrons. The summed E-state index contributed by atoms with van der Waals surface area (Å²) in [6, 6.07) is 4.07. The minimum Gasteiger partial charge on any atom is -0.497 e.